The molecule has 4 rings (SSSR count). The van der Waals surface area contributed by atoms with Crippen molar-refractivity contribution >= 4 is 32.5 Å². The van der Waals surface area contributed by atoms with E-state index in [1.54, 1.807) is 36.5 Å². The average Bonchev–Trinajstić information content (AvgIpc) is 2.79. The number of nitrogens with zero attached hydrogens (tertiary/aromatic N) is 1. The summed E-state index contributed by atoms with van der Waals surface area (Å²) in [5.41, 5.74) is 2.11. The monoisotopic (exact) mass is 429 g/mol. The van der Waals surface area contributed by atoms with Crippen LogP contribution in [0.1, 0.15) is 24.0 Å². The van der Waals surface area contributed by atoms with Gasteiger partial charge in [-0.25, -0.2) is 8.42 Å². The van der Waals surface area contributed by atoms with Crippen molar-refractivity contribution < 1.29 is 13.5 Å². The van der Waals surface area contributed by atoms with Gasteiger partial charge in [0.15, 0.2) is 9.84 Å². The molecule has 0 aliphatic heterocycles. The van der Waals surface area contributed by atoms with E-state index in [2.05, 4.69) is 4.99 Å². The van der Waals surface area contributed by atoms with Crippen LogP contribution in [0.3, 0.4) is 0 Å². The molecule has 1 unspecified atom stereocenters. The summed E-state index contributed by atoms with van der Waals surface area (Å²) < 4.78 is 26.0. The number of aromatic hydroxyl groups is 1. The molecule has 0 aliphatic rings. The summed E-state index contributed by atoms with van der Waals surface area (Å²) in [6.45, 7) is 1.91. The van der Waals surface area contributed by atoms with Gasteiger partial charge in [-0.1, -0.05) is 73.7 Å². The summed E-state index contributed by atoms with van der Waals surface area (Å²) in [5, 5.41) is 12.2. The van der Waals surface area contributed by atoms with Gasteiger partial charge in [0, 0.05) is 11.8 Å². The topological polar surface area (TPSA) is 66.7 Å². The number of sulfone groups is 1. The van der Waals surface area contributed by atoms with E-state index in [0.717, 1.165) is 16.3 Å². The molecule has 4 aromatic carbocycles. The molecule has 4 nitrogen and oxygen atoms in total. The van der Waals surface area contributed by atoms with Gasteiger partial charge in [0.25, 0.3) is 0 Å². The molecule has 0 saturated carbocycles. The van der Waals surface area contributed by atoms with Crippen LogP contribution in [0.25, 0.3) is 10.8 Å². The molecule has 31 heavy (non-hydrogen) atoms. The lowest BCUT2D eigenvalue weighted by atomic mass is 10.0. The molecule has 0 amide bonds. The molecule has 0 radical (unpaired) electrons. The second-order valence-electron chi connectivity index (χ2n) is 7.57. The van der Waals surface area contributed by atoms with E-state index in [-0.39, 0.29) is 22.3 Å². The fourth-order valence-electron chi connectivity index (χ4n) is 3.62. The molecule has 4 aromatic rings. The van der Waals surface area contributed by atoms with Gasteiger partial charge in [-0.05, 0) is 46.5 Å². The molecule has 0 bridgehead atoms. The maximum absolute atomic E-state index is 13.0. The normalized spacial score (nSPS) is 12.9. The quantitative estimate of drug-likeness (QED) is 0.390. The zero-order valence-corrected chi connectivity index (χ0v) is 18.0. The van der Waals surface area contributed by atoms with Crippen molar-refractivity contribution in [3.05, 3.63) is 102 Å². The van der Waals surface area contributed by atoms with Crippen molar-refractivity contribution in [1.29, 1.82) is 0 Å². The minimum absolute atomic E-state index is 0.0221. The third-order valence-corrected chi connectivity index (χ3v) is 7.22. The number of hydrogen-bond donors (Lipinski definition) is 1. The first-order valence-electron chi connectivity index (χ1n) is 10.1. The van der Waals surface area contributed by atoms with Gasteiger partial charge < -0.3 is 5.11 Å². The molecule has 5 heteroatoms. The predicted octanol–water partition coefficient (Wildman–Crippen LogP) is 5.87. The first-order valence-corrected chi connectivity index (χ1v) is 11.7. The van der Waals surface area contributed by atoms with E-state index in [9.17, 15) is 13.5 Å². The van der Waals surface area contributed by atoms with Crippen LogP contribution in [-0.4, -0.2) is 25.5 Å². The maximum atomic E-state index is 13.0. The Morgan fingerprint density at radius 2 is 1.65 bits per heavy atom. The molecule has 0 aliphatic carbocycles. The van der Waals surface area contributed by atoms with Crippen LogP contribution in [0, 0.1) is 0 Å². The highest BCUT2D eigenvalue weighted by Gasteiger charge is 2.20. The first-order chi connectivity index (χ1) is 14.9. The molecular formula is C26H23NO3S. The molecule has 1 atom stereocenters. The van der Waals surface area contributed by atoms with Gasteiger partial charge in [-0.15, -0.1) is 0 Å². The van der Waals surface area contributed by atoms with E-state index in [4.69, 9.17) is 0 Å². The van der Waals surface area contributed by atoms with Crippen molar-refractivity contribution in [2.24, 2.45) is 4.99 Å². The molecule has 0 saturated heterocycles. The van der Waals surface area contributed by atoms with Crippen molar-refractivity contribution in [1.82, 2.24) is 0 Å². The van der Waals surface area contributed by atoms with Crippen molar-refractivity contribution in [3.8, 4) is 5.75 Å². The Morgan fingerprint density at radius 1 is 0.903 bits per heavy atom. The van der Waals surface area contributed by atoms with Crippen molar-refractivity contribution in [2.75, 3.05) is 5.75 Å². The van der Waals surface area contributed by atoms with Crippen LogP contribution < -0.4 is 0 Å². The minimum atomic E-state index is -3.48. The summed E-state index contributed by atoms with van der Waals surface area (Å²) in [4.78, 5) is 4.69. The Bertz CT molecular complexity index is 1350. The maximum Gasteiger partial charge on any atom is 0.179 e. The fraction of sp³-hybridized carbons (Fsp3) is 0.115. The Labute approximate surface area is 182 Å². The van der Waals surface area contributed by atoms with Gasteiger partial charge in [0.1, 0.15) is 5.75 Å². The molecule has 0 spiro atoms. The molecule has 0 fully saturated rings. The number of fused-ring (bicyclic) bond motifs is 1. The van der Waals surface area contributed by atoms with Gasteiger partial charge in [-0.3, -0.25) is 4.99 Å². The Kier molecular flexibility index (Phi) is 5.87. The number of phenols is 1. The van der Waals surface area contributed by atoms with Crippen LogP contribution in [-0.2, 0) is 9.84 Å². The van der Waals surface area contributed by atoms with Crippen LogP contribution >= 0.6 is 0 Å². The van der Waals surface area contributed by atoms with E-state index in [0.29, 0.717) is 11.3 Å². The van der Waals surface area contributed by atoms with Gasteiger partial charge >= 0.3 is 0 Å². The van der Waals surface area contributed by atoms with E-state index >= 15 is 0 Å². The molecular weight excluding hydrogens is 406 g/mol. The van der Waals surface area contributed by atoms with E-state index in [1.807, 2.05) is 67.6 Å². The molecule has 156 valence electrons. The Balaban J connectivity index is 1.61. The lowest BCUT2D eigenvalue weighted by molar-refractivity contribution is 0.475. The SMILES string of the molecule is CC(CS(=O)(=O)c1cccc(N=Cc2c(O)ccc3ccccc23)c1)c1ccccc1. The molecule has 0 heterocycles. The first kappa shape index (κ1) is 20.8. The third kappa shape index (κ3) is 4.67. The number of aliphatic imine (C=N–C) groups is 1. The predicted molar refractivity (Wildman–Crippen MR) is 126 cm³/mol. The van der Waals surface area contributed by atoms with Crippen LogP contribution in [0.15, 0.2) is 101 Å². The Morgan fingerprint density at radius 3 is 2.45 bits per heavy atom. The standard InChI is InChI=1S/C26H23NO3S/c1-19(20-8-3-2-4-9-20)18-31(29,30)23-12-7-11-22(16-23)27-17-25-24-13-6-5-10-21(24)14-15-26(25)28/h2-17,19,28H,18H2,1H3. The zero-order chi connectivity index (χ0) is 21.8. The van der Waals surface area contributed by atoms with Gasteiger partial charge in [-0.2, -0.15) is 0 Å². The summed E-state index contributed by atoms with van der Waals surface area (Å²) in [6.07, 6.45) is 1.58. The lowest BCUT2D eigenvalue weighted by Crippen LogP contribution is -2.12. The minimum Gasteiger partial charge on any atom is -0.507 e. The van der Waals surface area contributed by atoms with Crippen molar-refractivity contribution in [2.45, 2.75) is 17.7 Å². The third-order valence-electron chi connectivity index (χ3n) is 5.31. The highest BCUT2D eigenvalue weighted by molar-refractivity contribution is 7.91. The largest absolute Gasteiger partial charge is 0.507 e. The highest BCUT2D eigenvalue weighted by atomic mass is 32.2. The lowest BCUT2D eigenvalue weighted by Gasteiger charge is -2.12. The number of phenolic OH excluding ortho intramolecular Hbond substituents is 1. The van der Waals surface area contributed by atoms with Crippen LogP contribution in [0.4, 0.5) is 5.69 Å². The number of rotatable bonds is 6. The zero-order valence-electron chi connectivity index (χ0n) is 17.1. The van der Waals surface area contributed by atoms with Crippen LogP contribution in [0.5, 0.6) is 5.75 Å². The average molecular weight is 430 g/mol. The fourth-order valence-corrected chi connectivity index (χ4v) is 5.25. The molecule has 0 aromatic heterocycles. The summed E-state index contributed by atoms with van der Waals surface area (Å²) in [6, 6.07) is 27.4. The van der Waals surface area contributed by atoms with Crippen LogP contribution in [0.2, 0.25) is 0 Å². The van der Waals surface area contributed by atoms with Gasteiger partial charge in [0.05, 0.1) is 16.3 Å². The molecule has 1 N–H and O–H groups in total. The van der Waals surface area contributed by atoms with E-state index in [1.165, 1.54) is 0 Å². The number of benzene rings is 4. The second-order valence-corrected chi connectivity index (χ2v) is 9.60. The highest BCUT2D eigenvalue weighted by Crippen LogP contribution is 2.27. The smallest absolute Gasteiger partial charge is 0.179 e. The summed E-state index contributed by atoms with van der Waals surface area (Å²) in [7, 11) is -3.48. The second kappa shape index (κ2) is 8.74. The summed E-state index contributed by atoms with van der Waals surface area (Å²) in [5.74, 6) is 0.0304. The number of hydrogen-bond acceptors (Lipinski definition) is 4. The Hall–Kier alpha value is -3.44. The van der Waals surface area contributed by atoms with Crippen molar-refractivity contribution in [3.63, 3.8) is 0 Å². The summed E-state index contributed by atoms with van der Waals surface area (Å²) >= 11 is 0. The van der Waals surface area contributed by atoms with E-state index < -0.39 is 9.84 Å². The van der Waals surface area contributed by atoms with Gasteiger partial charge in [0.2, 0.25) is 0 Å².